The van der Waals surface area contributed by atoms with Gasteiger partial charge in [0.05, 0.1) is 19.3 Å². The van der Waals surface area contributed by atoms with Crippen molar-refractivity contribution >= 4 is 52.4 Å². The predicted molar refractivity (Wildman–Crippen MR) is 277 cm³/mol. The molecule has 0 bridgehead atoms. The zero-order valence-corrected chi connectivity index (χ0v) is 42.6. The molecular formula is C54H69Cl2N7O4S. The van der Waals surface area contributed by atoms with Crippen LogP contribution in [0.25, 0.3) is 5.57 Å². The van der Waals surface area contributed by atoms with E-state index >= 15 is 0 Å². The maximum absolute atomic E-state index is 14.1. The highest BCUT2D eigenvalue weighted by atomic mass is 35.5. The normalized spacial score (nSPS) is 16.2. The lowest BCUT2D eigenvalue weighted by Crippen LogP contribution is -2.68. The van der Waals surface area contributed by atoms with Gasteiger partial charge in [-0.25, -0.2) is 0 Å². The Kier molecular flexibility index (Phi) is 21.4. The third-order valence-electron chi connectivity index (χ3n) is 12.5. The summed E-state index contributed by atoms with van der Waals surface area (Å²) in [4.78, 5) is 41.7. The summed E-state index contributed by atoms with van der Waals surface area (Å²) in [6.45, 7) is 13.7. The van der Waals surface area contributed by atoms with E-state index in [-0.39, 0.29) is 17.9 Å². The number of nitrogens with one attached hydrogen (secondary N) is 1. The maximum atomic E-state index is 14.1. The molecule has 0 aromatic heterocycles. The van der Waals surface area contributed by atoms with Gasteiger partial charge in [-0.2, -0.15) is 5.26 Å². The lowest BCUT2D eigenvalue weighted by atomic mass is 9.98. The summed E-state index contributed by atoms with van der Waals surface area (Å²) in [7, 11) is 3.61. The van der Waals surface area contributed by atoms with Crippen molar-refractivity contribution in [2.24, 2.45) is 0 Å². The van der Waals surface area contributed by atoms with Crippen molar-refractivity contribution in [1.82, 2.24) is 29.8 Å². The lowest BCUT2D eigenvalue weighted by molar-refractivity contribution is -0.145. The summed E-state index contributed by atoms with van der Waals surface area (Å²) >= 11 is 13.8. The first-order valence-corrected chi connectivity index (χ1v) is 25.7. The fourth-order valence-electron chi connectivity index (χ4n) is 8.77. The molecule has 2 amide bonds. The quantitative estimate of drug-likeness (QED) is 0.0540. The number of unbranched alkanes of at least 4 members (excludes halogenated alkanes) is 4. The molecule has 2 aliphatic heterocycles. The van der Waals surface area contributed by atoms with Crippen LogP contribution < -0.4 is 14.8 Å². The van der Waals surface area contributed by atoms with Gasteiger partial charge in [0.15, 0.2) is 0 Å². The van der Waals surface area contributed by atoms with Crippen molar-refractivity contribution in [3.63, 3.8) is 0 Å². The Bertz CT molecular complexity index is 2220. The molecule has 0 saturated carbocycles. The molecule has 0 aliphatic carbocycles. The molecule has 2 unspecified atom stereocenters. The lowest BCUT2D eigenvalue weighted by Gasteiger charge is -2.46. The van der Waals surface area contributed by atoms with Crippen molar-refractivity contribution in [2.45, 2.75) is 80.3 Å². The van der Waals surface area contributed by atoms with Crippen molar-refractivity contribution in [3.05, 3.63) is 124 Å². The minimum atomic E-state index is -0.572. The van der Waals surface area contributed by atoms with Gasteiger partial charge in [0.2, 0.25) is 11.8 Å². The number of likely N-dealkylation sites (N-methyl/N-ethyl adjacent to an activating group) is 1. The molecule has 2 fully saturated rings. The van der Waals surface area contributed by atoms with E-state index in [0.717, 1.165) is 147 Å². The Balaban J connectivity index is 0.903. The Morgan fingerprint density at radius 3 is 1.53 bits per heavy atom. The monoisotopic (exact) mass is 981 g/mol. The third-order valence-corrected chi connectivity index (χ3v) is 14.0. The first-order valence-electron chi connectivity index (χ1n) is 24.2. The van der Waals surface area contributed by atoms with Crippen LogP contribution in [-0.2, 0) is 9.59 Å². The predicted octanol–water partition coefficient (Wildman–Crippen LogP) is 9.48. The van der Waals surface area contributed by atoms with Gasteiger partial charge in [0.1, 0.15) is 23.6 Å². The molecule has 14 heteroatoms. The van der Waals surface area contributed by atoms with Crippen LogP contribution in [0.4, 0.5) is 0 Å². The largest absolute Gasteiger partial charge is 0.494 e. The summed E-state index contributed by atoms with van der Waals surface area (Å²) in [6, 6.07) is 32.5. The molecule has 0 radical (unpaired) electrons. The number of hydrogen-bond donors (Lipinski definition) is 1. The van der Waals surface area contributed by atoms with E-state index < -0.39 is 12.1 Å². The number of rotatable bonds is 24. The minimum Gasteiger partial charge on any atom is -0.494 e. The number of carbonyl (C=O) groups is 2. The topological polar surface area (TPSA) is 105 Å². The number of amides is 2. The number of hydrogen-bond acceptors (Lipinski definition) is 10. The fourth-order valence-corrected chi connectivity index (χ4v) is 9.84. The van der Waals surface area contributed by atoms with Crippen molar-refractivity contribution in [3.8, 4) is 17.6 Å². The van der Waals surface area contributed by atoms with Crippen LogP contribution in [0.5, 0.6) is 11.5 Å². The number of nitriles is 1. The molecule has 1 N–H and O–H groups in total. The Morgan fingerprint density at radius 1 is 0.647 bits per heavy atom. The summed E-state index contributed by atoms with van der Waals surface area (Å²) in [5.74, 6) is 1.61. The third kappa shape index (κ3) is 16.5. The van der Waals surface area contributed by atoms with E-state index in [1.165, 1.54) is 0 Å². The zero-order chi connectivity index (χ0) is 48.3. The Hall–Kier alpha value is -4.58. The summed E-state index contributed by atoms with van der Waals surface area (Å²) in [6.07, 6.45) is 7.77. The van der Waals surface area contributed by atoms with Crippen molar-refractivity contribution in [1.29, 1.82) is 5.26 Å². The second-order valence-corrected chi connectivity index (χ2v) is 20.1. The van der Waals surface area contributed by atoms with Crippen LogP contribution in [0.1, 0.15) is 63.5 Å². The van der Waals surface area contributed by atoms with Crippen LogP contribution in [-0.4, -0.2) is 147 Å². The molecule has 4 aromatic rings. The number of benzene rings is 4. The first kappa shape index (κ1) is 52.8. The highest BCUT2D eigenvalue weighted by Crippen LogP contribution is 2.30. The standard InChI is InChI=1S/C54H69Cl2N7O4S/c1-41(2)58-53(64)51(62-35-31-60(32-36-62)29-7-5-9-39-66-46-19-13-43(14-20-46)50(27-28-57)42-11-15-44(55)16-12-42)52(54(65)59(3)4)63-37-33-61(34-38-63)30-8-6-10-40-67-47-21-25-49(26-22-47)68-48-23-17-45(56)18-24-48/h11-27,41,51-52H,5-10,29-40H2,1-4H3,(H,58,64). The van der Waals surface area contributed by atoms with Crippen LogP contribution in [0.2, 0.25) is 10.0 Å². The molecule has 4 aromatic carbocycles. The van der Waals surface area contributed by atoms with Gasteiger partial charge >= 0.3 is 0 Å². The molecule has 0 spiro atoms. The van der Waals surface area contributed by atoms with Crippen molar-refractivity contribution < 1.29 is 19.1 Å². The number of carbonyl (C=O) groups excluding carboxylic acids is 2. The molecule has 11 nitrogen and oxygen atoms in total. The molecule has 2 atom stereocenters. The van der Waals surface area contributed by atoms with Crippen LogP contribution in [0.3, 0.4) is 0 Å². The van der Waals surface area contributed by atoms with E-state index in [1.807, 2.05) is 98.8 Å². The molecule has 2 heterocycles. The first-order chi connectivity index (χ1) is 33.0. The molecular weight excluding hydrogens is 914 g/mol. The van der Waals surface area contributed by atoms with Gasteiger partial charge in [0.25, 0.3) is 0 Å². The summed E-state index contributed by atoms with van der Waals surface area (Å²) < 4.78 is 12.1. The van der Waals surface area contributed by atoms with Gasteiger partial charge in [-0.3, -0.25) is 19.4 Å². The minimum absolute atomic E-state index is 0.0172. The smallest absolute Gasteiger partial charge is 0.241 e. The Morgan fingerprint density at radius 2 is 1.07 bits per heavy atom. The SMILES string of the molecule is CC(C)NC(=O)C(C(C(=O)N(C)C)N1CCN(CCCCCOc2ccc(Sc3ccc(Cl)cc3)cc2)CC1)N1CCN(CCCCCOc2ccc(C(=CC#N)c3ccc(Cl)cc3)cc2)CC1. The van der Waals surface area contributed by atoms with E-state index in [1.54, 1.807) is 36.8 Å². The van der Waals surface area contributed by atoms with E-state index in [0.29, 0.717) is 18.2 Å². The second kappa shape index (κ2) is 27.6. The van der Waals surface area contributed by atoms with Crippen LogP contribution >= 0.6 is 35.0 Å². The Labute approximate surface area is 419 Å². The summed E-state index contributed by atoms with van der Waals surface area (Å²) in [5.41, 5.74) is 2.71. The average molecular weight is 983 g/mol. The highest BCUT2D eigenvalue weighted by Gasteiger charge is 2.44. The maximum Gasteiger partial charge on any atom is 0.241 e. The van der Waals surface area contributed by atoms with Crippen LogP contribution in [0, 0.1) is 11.3 Å². The molecule has 2 aliphatic rings. The van der Waals surface area contributed by atoms with Gasteiger partial charge in [0, 0.05) is 98.4 Å². The number of piperazine rings is 2. The average Bonchev–Trinajstić information content (AvgIpc) is 3.34. The van der Waals surface area contributed by atoms with E-state index in [9.17, 15) is 14.9 Å². The van der Waals surface area contributed by atoms with Gasteiger partial charge in [-0.1, -0.05) is 59.2 Å². The molecule has 6 rings (SSSR count). The van der Waals surface area contributed by atoms with E-state index in [4.69, 9.17) is 32.7 Å². The number of allylic oxidation sites excluding steroid dienone is 1. The fraction of sp³-hybridized carbons (Fsp3) is 0.463. The summed E-state index contributed by atoms with van der Waals surface area (Å²) in [5, 5.41) is 14.0. The number of ether oxygens (including phenoxy) is 2. The second-order valence-electron chi connectivity index (χ2n) is 18.1. The van der Waals surface area contributed by atoms with Gasteiger partial charge in [-0.15, -0.1) is 0 Å². The van der Waals surface area contributed by atoms with Gasteiger partial charge < -0.3 is 29.5 Å². The molecule has 364 valence electrons. The van der Waals surface area contributed by atoms with E-state index in [2.05, 4.69) is 43.1 Å². The zero-order valence-electron chi connectivity index (χ0n) is 40.3. The number of halogens is 2. The number of nitrogens with zero attached hydrogens (tertiary/aromatic N) is 6. The molecule has 2 saturated heterocycles. The highest BCUT2D eigenvalue weighted by molar-refractivity contribution is 7.99. The van der Waals surface area contributed by atoms with Crippen molar-refractivity contribution in [2.75, 3.05) is 92.8 Å². The van der Waals surface area contributed by atoms with Crippen LogP contribution in [0.15, 0.2) is 113 Å². The van der Waals surface area contributed by atoms with Gasteiger partial charge in [-0.05, 0) is 155 Å². The molecule has 68 heavy (non-hydrogen) atoms.